The number of aryl methyl sites for hydroxylation is 1. The van der Waals surface area contributed by atoms with E-state index in [0.29, 0.717) is 49.1 Å². The average Bonchev–Trinajstić information content (AvgIpc) is 3.64. The van der Waals surface area contributed by atoms with Gasteiger partial charge in [-0.2, -0.15) is 13.2 Å². The largest absolute Gasteiger partial charge is 0.444 e. The van der Waals surface area contributed by atoms with Crippen molar-refractivity contribution >= 4 is 17.7 Å². The molecule has 1 aliphatic carbocycles. The number of hydrogen-bond acceptors (Lipinski definition) is 7. The maximum Gasteiger partial charge on any atom is 0.416 e. The molecule has 0 radical (unpaired) electrons. The van der Waals surface area contributed by atoms with Gasteiger partial charge in [-0.1, -0.05) is 19.1 Å². The van der Waals surface area contributed by atoms with Crippen molar-refractivity contribution in [2.24, 2.45) is 18.9 Å². The molecule has 0 spiro atoms. The lowest BCUT2D eigenvalue weighted by Gasteiger charge is -2.49. The molecule has 2 saturated heterocycles. The van der Waals surface area contributed by atoms with E-state index in [2.05, 4.69) is 46.8 Å². The van der Waals surface area contributed by atoms with Crippen LogP contribution < -0.4 is 4.90 Å². The van der Waals surface area contributed by atoms with Crippen LogP contribution in [-0.4, -0.2) is 91.9 Å². The van der Waals surface area contributed by atoms with Crippen LogP contribution in [0.4, 0.5) is 23.7 Å². The number of rotatable bonds is 8. The summed E-state index contributed by atoms with van der Waals surface area (Å²) in [6.45, 7) is 16.6. The van der Waals surface area contributed by atoms with Gasteiger partial charge in [0.15, 0.2) is 0 Å². The van der Waals surface area contributed by atoms with Gasteiger partial charge in [-0.15, -0.1) is 10.2 Å². The number of fused-ring (bicyclic) bond motifs is 1. The van der Waals surface area contributed by atoms with Gasteiger partial charge in [-0.05, 0) is 120 Å². The number of carbonyl (C=O) groups excluding carboxylic acids is 2. The molecule has 13 heteroatoms. The zero-order chi connectivity index (χ0) is 39.5. The first kappa shape index (κ1) is 39.3. The molecule has 3 aromatic rings. The molecule has 1 aromatic heterocycles. The number of carbonyl (C=O) groups is 2. The third kappa shape index (κ3) is 8.28. The molecule has 0 unspecified atom stereocenters. The van der Waals surface area contributed by atoms with Crippen molar-refractivity contribution in [1.82, 2.24) is 29.5 Å². The van der Waals surface area contributed by atoms with Crippen molar-refractivity contribution in [2.75, 3.05) is 44.2 Å². The van der Waals surface area contributed by atoms with Gasteiger partial charge in [0.25, 0.3) is 5.91 Å². The average molecular weight is 764 g/mol. The van der Waals surface area contributed by atoms with Crippen molar-refractivity contribution in [3.63, 3.8) is 0 Å². The third-order valence-electron chi connectivity index (χ3n) is 12.2. The summed E-state index contributed by atoms with van der Waals surface area (Å²) < 4.78 is 51.8. The quantitative estimate of drug-likeness (QED) is 0.236. The molecule has 2 aromatic carbocycles. The number of aromatic nitrogens is 3. The normalized spacial score (nSPS) is 24.9. The Hall–Kier alpha value is -3.97. The van der Waals surface area contributed by atoms with Crippen LogP contribution >= 0.6 is 0 Å². The van der Waals surface area contributed by atoms with E-state index >= 15 is 0 Å². The Balaban J connectivity index is 1.05. The second-order valence-electron chi connectivity index (χ2n) is 18.3. The van der Waals surface area contributed by atoms with Gasteiger partial charge in [0.2, 0.25) is 0 Å². The van der Waals surface area contributed by atoms with Crippen LogP contribution in [0.1, 0.15) is 106 Å². The van der Waals surface area contributed by atoms with E-state index < -0.39 is 23.2 Å². The van der Waals surface area contributed by atoms with Crippen molar-refractivity contribution in [3.8, 4) is 0 Å². The monoisotopic (exact) mass is 763 g/mol. The second-order valence-corrected chi connectivity index (χ2v) is 18.3. The summed E-state index contributed by atoms with van der Waals surface area (Å²) in [5.41, 5.74) is 0.661. The van der Waals surface area contributed by atoms with Gasteiger partial charge in [0.1, 0.15) is 17.8 Å². The van der Waals surface area contributed by atoms with Crippen molar-refractivity contribution < 1.29 is 27.5 Å². The molecule has 0 N–H and O–H groups in total. The Morgan fingerprint density at radius 1 is 1.05 bits per heavy atom. The predicted molar refractivity (Wildman–Crippen MR) is 205 cm³/mol. The molecule has 3 aliphatic heterocycles. The van der Waals surface area contributed by atoms with Crippen molar-refractivity contribution in [1.29, 1.82) is 0 Å². The number of alkyl halides is 3. The summed E-state index contributed by atoms with van der Waals surface area (Å²) >= 11 is 0. The topological polar surface area (TPSA) is 87.0 Å². The van der Waals surface area contributed by atoms with Gasteiger partial charge in [0.05, 0.1) is 12.1 Å². The number of hydrogen-bond donors (Lipinski definition) is 0. The third-order valence-corrected chi connectivity index (χ3v) is 12.2. The Morgan fingerprint density at radius 2 is 1.82 bits per heavy atom. The lowest BCUT2D eigenvalue weighted by Crippen LogP contribution is -2.62. The summed E-state index contributed by atoms with van der Waals surface area (Å²) in [7, 11) is 1.93. The molecule has 4 heterocycles. The van der Waals surface area contributed by atoms with Crippen molar-refractivity contribution in [2.45, 2.75) is 109 Å². The fourth-order valence-electron chi connectivity index (χ4n) is 9.58. The highest BCUT2D eigenvalue weighted by molar-refractivity contribution is 6.10. The number of ether oxygens (including phenoxy) is 1. The van der Waals surface area contributed by atoms with E-state index in [4.69, 9.17) is 4.74 Å². The first-order valence-corrected chi connectivity index (χ1v) is 19.7. The van der Waals surface area contributed by atoms with E-state index in [1.807, 2.05) is 50.6 Å². The Morgan fingerprint density at radius 3 is 2.47 bits per heavy atom. The molecular weight excluding hydrogens is 708 g/mol. The van der Waals surface area contributed by atoms with Gasteiger partial charge < -0.3 is 19.1 Å². The number of piperidine rings is 1. The smallest absolute Gasteiger partial charge is 0.416 e. The molecule has 2 amide bonds. The minimum absolute atomic E-state index is 0.0435. The van der Waals surface area contributed by atoms with Gasteiger partial charge >= 0.3 is 12.3 Å². The summed E-state index contributed by atoms with van der Waals surface area (Å²) in [5, 5.41) is 8.39. The molecule has 3 fully saturated rings. The highest BCUT2D eigenvalue weighted by atomic mass is 19.4. The van der Waals surface area contributed by atoms with E-state index in [1.54, 1.807) is 17.3 Å². The summed E-state index contributed by atoms with van der Waals surface area (Å²) in [6, 6.07) is 10.8. The number of nitrogens with zero attached hydrogens (tertiary/aromatic N) is 7. The number of piperazine rings is 1. The molecule has 0 bridgehead atoms. The molecule has 7 rings (SSSR count). The van der Waals surface area contributed by atoms with Crippen molar-refractivity contribution in [3.05, 3.63) is 76.4 Å². The molecule has 4 aliphatic rings. The number of anilines is 1. The van der Waals surface area contributed by atoms with Crippen LogP contribution in [0.25, 0.3) is 0 Å². The highest BCUT2D eigenvalue weighted by Gasteiger charge is 2.46. The number of halogens is 3. The Kier molecular flexibility index (Phi) is 10.4. The SMILES string of the molecule is CC1CC(Cc2nncn2C)(c2cccc(N3Cc4c(cc(CN5CCC[C@H](CN6CCN(C(=O)OC(C)(C)C)CC6(C)C)C5)cc4C(F)(F)F)C3=O)c2)C1. The van der Waals surface area contributed by atoms with Crippen LogP contribution in [0.15, 0.2) is 42.7 Å². The molecule has 1 atom stereocenters. The van der Waals surface area contributed by atoms with E-state index in [9.17, 15) is 22.8 Å². The lowest BCUT2D eigenvalue weighted by atomic mass is 9.57. The number of likely N-dealkylation sites (tertiary alicyclic amines) is 1. The number of amides is 2. The summed E-state index contributed by atoms with van der Waals surface area (Å²) in [4.78, 5) is 34.8. The molecule has 10 nitrogen and oxygen atoms in total. The molecule has 55 heavy (non-hydrogen) atoms. The zero-order valence-electron chi connectivity index (χ0n) is 33.4. The van der Waals surface area contributed by atoms with E-state index in [0.717, 1.165) is 63.3 Å². The minimum atomic E-state index is -4.60. The lowest BCUT2D eigenvalue weighted by molar-refractivity contribution is -0.138. The fourth-order valence-corrected chi connectivity index (χ4v) is 9.58. The fraction of sp³-hybridized carbons (Fsp3) is 0.619. The minimum Gasteiger partial charge on any atom is -0.444 e. The van der Waals surface area contributed by atoms with Gasteiger partial charge in [-0.3, -0.25) is 14.6 Å². The standard InChI is InChI=1S/C42H56F3N7O3/c1-28-19-41(20-28,21-36-47-46-27-48(36)7)31-11-8-12-32(18-31)52-25-34-33(37(52)53)16-30(17-35(34)42(43,44)45)23-49-13-9-10-29(22-49)24-51-15-14-50(26-40(51,5)6)38(54)55-39(2,3)4/h8,11-12,16-18,27-29H,9-10,13-15,19-26H2,1-7H3/t28?,29-,41?/m0/s1. The van der Waals surface area contributed by atoms with Gasteiger partial charge in [-0.25, -0.2) is 4.79 Å². The van der Waals surface area contributed by atoms with Gasteiger partial charge in [0, 0.05) is 74.9 Å². The zero-order valence-corrected chi connectivity index (χ0v) is 33.4. The molecular formula is C42H56F3N7O3. The first-order valence-electron chi connectivity index (χ1n) is 19.7. The van der Waals surface area contributed by atoms with Crippen LogP contribution in [0.2, 0.25) is 0 Å². The van der Waals surface area contributed by atoms with Crippen LogP contribution in [0.5, 0.6) is 0 Å². The molecule has 298 valence electrons. The Labute approximate surface area is 323 Å². The molecule has 1 saturated carbocycles. The Bertz CT molecular complexity index is 1910. The van der Waals surface area contributed by atoms with Crippen LogP contribution in [0, 0.1) is 11.8 Å². The maximum absolute atomic E-state index is 14.7. The first-order chi connectivity index (χ1) is 25.8. The number of benzene rings is 2. The predicted octanol–water partition coefficient (Wildman–Crippen LogP) is 7.45. The summed E-state index contributed by atoms with van der Waals surface area (Å²) in [6.07, 6.45) is 1.39. The van der Waals surface area contributed by atoms with E-state index in [-0.39, 0.29) is 34.7 Å². The maximum atomic E-state index is 14.7. The highest BCUT2D eigenvalue weighted by Crippen LogP contribution is 2.50. The van der Waals surface area contributed by atoms with Crippen LogP contribution in [0.3, 0.4) is 0 Å². The van der Waals surface area contributed by atoms with Crippen LogP contribution in [-0.2, 0) is 42.9 Å². The second kappa shape index (κ2) is 14.5. The summed E-state index contributed by atoms with van der Waals surface area (Å²) in [5.74, 6) is 1.35. The van der Waals surface area contributed by atoms with E-state index in [1.165, 1.54) is 11.0 Å².